The highest BCUT2D eigenvalue weighted by molar-refractivity contribution is 5.20. The minimum absolute atomic E-state index is 1.04. The van der Waals surface area contributed by atoms with Gasteiger partial charge in [-0.3, -0.25) is 0 Å². The van der Waals surface area contributed by atoms with Crippen LogP contribution < -0.4 is 0 Å². The summed E-state index contributed by atoms with van der Waals surface area (Å²) in [7, 11) is 0. The normalized spacial score (nSPS) is 30.2. The Hall–Kier alpha value is -1.82. The van der Waals surface area contributed by atoms with Crippen LogP contribution >= 0.6 is 0 Å². The standard InChI is InChI=1S/C18H21/c1-2-4-6-8-10-12-14-16-18-17-15-13-11-9-7-5-3-1/h1-13H,14,16-18H2/b3-1+,4-2-,7-5+,8-6+,11-9-,12-10+,15-13?. The minimum atomic E-state index is 1.04. The maximum absolute atomic E-state index is 3.28. The summed E-state index contributed by atoms with van der Waals surface area (Å²) in [5, 5.41) is 0. The highest BCUT2D eigenvalue weighted by Crippen LogP contribution is 2.01. The predicted molar refractivity (Wildman–Crippen MR) is 81.1 cm³/mol. The molecule has 0 aromatic heterocycles. The van der Waals surface area contributed by atoms with Gasteiger partial charge in [0, 0.05) is 0 Å². The molecule has 1 aliphatic rings. The summed E-state index contributed by atoms with van der Waals surface area (Å²) in [6.45, 7) is 0. The quantitative estimate of drug-likeness (QED) is 0.539. The first kappa shape index (κ1) is 14.2. The molecule has 0 heteroatoms. The fraction of sp³-hybridized carbons (Fsp3) is 0.222. The Morgan fingerprint density at radius 2 is 1.11 bits per heavy atom. The summed E-state index contributed by atoms with van der Waals surface area (Å²) in [6.07, 6.45) is 34.5. The van der Waals surface area contributed by atoms with E-state index in [9.17, 15) is 0 Å². The first-order valence-corrected chi connectivity index (χ1v) is 6.55. The number of hydrogen-bond acceptors (Lipinski definition) is 0. The molecule has 0 amide bonds. The summed E-state index contributed by atoms with van der Waals surface area (Å²) < 4.78 is 0. The second-order valence-electron chi connectivity index (χ2n) is 3.97. The van der Waals surface area contributed by atoms with Gasteiger partial charge in [0.05, 0.1) is 0 Å². The topological polar surface area (TPSA) is 0 Å². The van der Waals surface area contributed by atoms with E-state index in [0.29, 0.717) is 0 Å². The second kappa shape index (κ2) is 11.7. The summed E-state index contributed by atoms with van der Waals surface area (Å²) in [6, 6.07) is 0. The maximum atomic E-state index is 3.28. The van der Waals surface area contributed by atoms with E-state index in [4.69, 9.17) is 0 Å². The van der Waals surface area contributed by atoms with E-state index in [2.05, 4.69) is 24.3 Å². The Kier molecular flexibility index (Phi) is 9.22. The zero-order valence-electron chi connectivity index (χ0n) is 10.8. The molecule has 1 aliphatic carbocycles. The Morgan fingerprint density at radius 3 is 1.78 bits per heavy atom. The van der Waals surface area contributed by atoms with Crippen molar-refractivity contribution in [2.45, 2.75) is 25.7 Å². The molecule has 0 spiro atoms. The molecule has 0 unspecified atom stereocenters. The molecule has 0 N–H and O–H groups in total. The van der Waals surface area contributed by atoms with Crippen LogP contribution in [0.3, 0.4) is 0 Å². The van der Waals surface area contributed by atoms with Crippen LogP contribution in [-0.4, -0.2) is 0 Å². The molecular formula is C18H21. The SMILES string of the molecule is [C]1=C/C=C\C=C\C=C\C=C/C=C/C=C/CCCC/1. The summed E-state index contributed by atoms with van der Waals surface area (Å²) in [5.41, 5.74) is 0. The predicted octanol–water partition coefficient (Wildman–Crippen LogP) is 5.26. The molecule has 0 aliphatic heterocycles. The van der Waals surface area contributed by atoms with Gasteiger partial charge in [-0.05, 0) is 31.8 Å². The number of rotatable bonds is 0. The number of hydrogen-bond donors (Lipinski definition) is 0. The Morgan fingerprint density at radius 1 is 0.556 bits per heavy atom. The van der Waals surface area contributed by atoms with Crippen LogP contribution in [0.5, 0.6) is 0 Å². The van der Waals surface area contributed by atoms with Crippen molar-refractivity contribution in [3.05, 3.63) is 85.1 Å². The molecule has 0 heterocycles. The highest BCUT2D eigenvalue weighted by atomic mass is 13.9. The van der Waals surface area contributed by atoms with Crippen molar-refractivity contribution in [2.24, 2.45) is 0 Å². The zero-order chi connectivity index (χ0) is 12.7. The number of allylic oxidation sites excluding steroid dienone is 14. The summed E-state index contributed by atoms with van der Waals surface area (Å²) in [5.74, 6) is 0. The van der Waals surface area contributed by atoms with Gasteiger partial charge in [-0.25, -0.2) is 0 Å². The fourth-order valence-corrected chi connectivity index (χ4v) is 1.45. The van der Waals surface area contributed by atoms with Crippen LogP contribution in [-0.2, 0) is 0 Å². The van der Waals surface area contributed by atoms with Crippen LogP contribution in [0.1, 0.15) is 25.7 Å². The first-order valence-electron chi connectivity index (χ1n) is 6.55. The van der Waals surface area contributed by atoms with Gasteiger partial charge in [0.25, 0.3) is 0 Å². The minimum Gasteiger partial charge on any atom is -0.0845 e. The van der Waals surface area contributed by atoms with E-state index < -0.39 is 0 Å². The second-order valence-corrected chi connectivity index (χ2v) is 3.97. The third-order valence-corrected chi connectivity index (χ3v) is 2.40. The van der Waals surface area contributed by atoms with Crippen LogP contribution in [0, 0.1) is 6.08 Å². The van der Waals surface area contributed by atoms with Crippen molar-refractivity contribution >= 4 is 0 Å². The van der Waals surface area contributed by atoms with Gasteiger partial charge in [-0.1, -0.05) is 79.0 Å². The lowest BCUT2D eigenvalue weighted by Gasteiger charge is -1.91. The third kappa shape index (κ3) is 9.41. The molecule has 1 rings (SSSR count). The molecule has 0 fully saturated rings. The molecule has 0 nitrogen and oxygen atoms in total. The molecule has 18 heavy (non-hydrogen) atoms. The van der Waals surface area contributed by atoms with Crippen LogP contribution in [0.2, 0.25) is 0 Å². The first-order chi connectivity index (χ1) is 9.00. The molecule has 0 aromatic rings. The van der Waals surface area contributed by atoms with Gasteiger partial charge in [0.15, 0.2) is 0 Å². The summed E-state index contributed by atoms with van der Waals surface area (Å²) >= 11 is 0. The van der Waals surface area contributed by atoms with Gasteiger partial charge in [0.1, 0.15) is 0 Å². The van der Waals surface area contributed by atoms with E-state index in [1.165, 1.54) is 12.8 Å². The van der Waals surface area contributed by atoms with Gasteiger partial charge in [0.2, 0.25) is 0 Å². The van der Waals surface area contributed by atoms with Crippen molar-refractivity contribution in [2.75, 3.05) is 0 Å². The molecular weight excluding hydrogens is 216 g/mol. The van der Waals surface area contributed by atoms with Crippen molar-refractivity contribution in [1.29, 1.82) is 0 Å². The lowest BCUT2D eigenvalue weighted by molar-refractivity contribution is 0.754. The smallest absolute Gasteiger partial charge is 0.0276 e. The van der Waals surface area contributed by atoms with E-state index in [1.54, 1.807) is 0 Å². The Labute approximate surface area is 111 Å². The fourth-order valence-electron chi connectivity index (χ4n) is 1.45. The van der Waals surface area contributed by atoms with E-state index >= 15 is 0 Å². The maximum Gasteiger partial charge on any atom is -0.0276 e. The van der Waals surface area contributed by atoms with Gasteiger partial charge < -0.3 is 0 Å². The summed E-state index contributed by atoms with van der Waals surface area (Å²) in [4.78, 5) is 0. The molecule has 1 radical (unpaired) electrons. The van der Waals surface area contributed by atoms with E-state index in [1.807, 2.05) is 60.8 Å². The largest absolute Gasteiger partial charge is 0.0845 e. The van der Waals surface area contributed by atoms with Crippen LogP contribution in [0.15, 0.2) is 79.0 Å². The lowest BCUT2D eigenvalue weighted by atomic mass is 10.2. The Balaban J connectivity index is 2.50. The van der Waals surface area contributed by atoms with E-state index in [-0.39, 0.29) is 0 Å². The molecule has 0 aromatic carbocycles. The molecule has 0 bridgehead atoms. The molecule has 93 valence electrons. The monoisotopic (exact) mass is 237 g/mol. The van der Waals surface area contributed by atoms with Gasteiger partial charge in [-0.2, -0.15) is 0 Å². The van der Waals surface area contributed by atoms with Gasteiger partial charge in [-0.15, -0.1) is 0 Å². The Bertz CT molecular complexity index is 346. The van der Waals surface area contributed by atoms with Crippen molar-refractivity contribution in [1.82, 2.24) is 0 Å². The van der Waals surface area contributed by atoms with Crippen LogP contribution in [0.4, 0.5) is 0 Å². The average molecular weight is 237 g/mol. The molecule has 0 saturated carbocycles. The van der Waals surface area contributed by atoms with Crippen molar-refractivity contribution in [3.63, 3.8) is 0 Å². The lowest BCUT2D eigenvalue weighted by Crippen LogP contribution is -1.72. The van der Waals surface area contributed by atoms with Crippen molar-refractivity contribution < 1.29 is 0 Å². The third-order valence-electron chi connectivity index (χ3n) is 2.40. The molecule has 0 atom stereocenters. The van der Waals surface area contributed by atoms with E-state index in [0.717, 1.165) is 12.8 Å². The highest BCUT2D eigenvalue weighted by Gasteiger charge is 1.82. The molecule has 0 saturated heterocycles. The van der Waals surface area contributed by atoms with Crippen molar-refractivity contribution in [3.8, 4) is 0 Å². The zero-order valence-corrected chi connectivity index (χ0v) is 10.8. The van der Waals surface area contributed by atoms with Gasteiger partial charge >= 0.3 is 0 Å². The average Bonchev–Trinajstić information content (AvgIpc) is 2.39. The van der Waals surface area contributed by atoms with Crippen LogP contribution in [0.25, 0.3) is 0 Å².